The minimum absolute atomic E-state index is 0.0518. The quantitative estimate of drug-likeness (QED) is 0.846. The number of rotatable bonds is 4. The van der Waals surface area contributed by atoms with Crippen LogP contribution >= 0.6 is 11.3 Å². The number of hydrogen-bond donors (Lipinski definition) is 2. The van der Waals surface area contributed by atoms with E-state index in [-0.39, 0.29) is 6.10 Å². The summed E-state index contributed by atoms with van der Waals surface area (Å²) in [4.78, 5) is 1.44. The van der Waals surface area contributed by atoms with Crippen molar-refractivity contribution in [2.75, 3.05) is 6.54 Å². The second-order valence-corrected chi connectivity index (χ2v) is 5.84. The van der Waals surface area contributed by atoms with Gasteiger partial charge in [-0.25, -0.2) is 0 Å². The van der Waals surface area contributed by atoms with Crippen molar-refractivity contribution in [1.29, 1.82) is 0 Å². The topological polar surface area (TPSA) is 32.3 Å². The maximum atomic E-state index is 9.58. The molecule has 0 spiro atoms. The van der Waals surface area contributed by atoms with Crippen LogP contribution in [0.4, 0.5) is 0 Å². The van der Waals surface area contributed by atoms with E-state index in [1.807, 2.05) is 11.3 Å². The molecule has 1 aliphatic carbocycles. The molecule has 16 heavy (non-hydrogen) atoms. The van der Waals surface area contributed by atoms with Gasteiger partial charge in [0.1, 0.15) is 0 Å². The third-order valence-corrected chi connectivity index (χ3v) is 4.46. The monoisotopic (exact) mass is 239 g/mol. The molecule has 1 aromatic rings. The first kappa shape index (κ1) is 12.1. The van der Waals surface area contributed by atoms with Crippen LogP contribution in [0.1, 0.15) is 36.1 Å². The van der Waals surface area contributed by atoms with Gasteiger partial charge in [-0.15, -0.1) is 11.3 Å². The van der Waals surface area contributed by atoms with Crippen LogP contribution in [0.25, 0.3) is 0 Å². The van der Waals surface area contributed by atoms with Crippen LogP contribution in [0.5, 0.6) is 0 Å². The summed E-state index contributed by atoms with van der Waals surface area (Å²) >= 11 is 1.82. The zero-order valence-corrected chi connectivity index (χ0v) is 10.7. The Hall–Kier alpha value is -0.380. The number of aryl methyl sites for hydroxylation is 1. The standard InChI is InChI=1S/C13H21NOS/c1-10-5-6-16-13(10)9-14-8-11-3-2-4-12(15)7-11/h5-6,11-12,14-15H,2-4,7-9H2,1H3. The number of thiophene rings is 1. The molecule has 0 bridgehead atoms. The highest BCUT2D eigenvalue weighted by Crippen LogP contribution is 2.23. The highest BCUT2D eigenvalue weighted by Gasteiger charge is 2.19. The number of aliphatic hydroxyl groups excluding tert-OH is 1. The van der Waals surface area contributed by atoms with Crippen molar-refractivity contribution >= 4 is 11.3 Å². The molecule has 0 radical (unpaired) electrons. The van der Waals surface area contributed by atoms with Crippen molar-refractivity contribution in [1.82, 2.24) is 5.32 Å². The lowest BCUT2D eigenvalue weighted by molar-refractivity contribution is 0.101. The van der Waals surface area contributed by atoms with Gasteiger partial charge in [-0.2, -0.15) is 0 Å². The summed E-state index contributed by atoms with van der Waals surface area (Å²) < 4.78 is 0. The smallest absolute Gasteiger partial charge is 0.0543 e. The van der Waals surface area contributed by atoms with Gasteiger partial charge in [0.25, 0.3) is 0 Å². The molecule has 1 saturated carbocycles. The Morgan fingerprint density at radius 3 is 3.06 bits per heavy atom. The van der Waals surface area contributed by atoms with Crippen LogP contribution in [0.2, 0.25) is 0 Å². The summed E-state index contributed by atoms with van der Waals surface area (Å²) in [7, 11) is 0. The molecule has 2 unspecified atom stereocenters. The lowest BCUT2D eigenvalue weighted by Crippen LogP contribution is -2.28. The Bertz CT molecular complexity index is 323. The number of aliphatic hydroxyl groups is 1. The SMILES string of the molecule is Cc1ccsc1CNCC1CCCC(O)C1. The molecular formula is C13H21NOS. The lowest BCUT2D eigenvalue weighted by atomic mass is 9.87. The van der Waals surface area contributed by atoms with Gasteiger partial charge in [0.15, 0.2) is 0 Å². The Morgan fingerprint density at radius 1 is 1.50 bits per heavy atom. The van der Waals surface area contributed by atoms with Crippen molar-refractivity contribution in [2.45, 2.75) is 45.3 Å². The predicted molar refractivity (Wildman–Crippen MR) is 68.7 cm³/mol. The van der Waals surface area contributed by atoms with Gasteiger partial charge in [0.2, 0.25) is 0 Å². The van der Waals surface area contributed by atoms with E-state index in [0.717, 1.165) is 25.9 Å². The first-order valence-electron chi connectivity index (χ1n) is 6.17. The molecule has 2 N–H and O–H groups in total. The second-order valence-electron chi connectivity index (χ2n) is 4.84. The maximum absolute atomic E-state index is 9.58. The fraction of sp³-hybridized carbons (Fsp3) is 0.692. The maximum Gasteiger partial charge on any atom is 0.0543 e. The van der Waals surface area contributed by atoms with Gasteiger partial charge in [-0.3, -0.25) is 0 Å². The van der Waals surface area contributed by atoms with Crippen molar-refractivity contribution in [3.63, 3.8) is 0 Å². The van der Waals surface area contributed by atoms with Gasteiger partial charge < -0.3 is 10.4 Å². The minimum atomic E-state index is -0.0518. The van der Waals surface area contributed by atoms with Crippen molar-refractivity contribution in [3.05, 3.63) is 21.9 Å². The Kier molecular flexibility index (Phi) is 4.38. The van der Waals surface area contributed by atoms with Gasteiger partial charge in [0.05, 0.1) is 6.10 Å². The van der Waals surface area contributed by atoms with Crippen LogP contribution in [0.3, 0.4) is 0 Å². The van der Waals surface area contributed by atoms with Gasteiger partial charge in [-0.1, -0.05) is 6.42 Å². The lowest BCUT2D eigenvalue weighted by Gasteiger charge is -2.25. The molecule has 1 heterocycles. The molecule has 1 fully saturated rings. The third-order valence-electron chi connectivity index (χ3n) is 3.44. The average Bonchev–Trinajstić information content (AvgIpc) is 2.65. The first-order chi connectivity index (χ1) is 7.75. The van der Waals surface area contributed by atoms with Crippen LogP contribution in [0.15, 0.2) is 11.4 Å². The Labute approximate surface area is 102 Å². The molecule has 1 aliphatic rings. The molecule has 0 aromatic carbocycles. The predicted octanol–water partition coefficient (Wildman–Crippen LogP) is 2.70. The minimum Gasteiger partial charge on any atom is -0.393 e. The molecular weight excluding hydrogens is 218 g/mol. The van der Waals surface area contributed by atoms with Crippen LogP contribution in [0, 0.1) is 12.8 Å². The highest BCUT2D eigenvalue weighted by molar-refractivity contribution is 7.10. The largest absolute Gasteiger partial charge is 0.393 e. The van der Waals surface area contributed by atoms with E-state index in [2.05, 4.69) is 23.7 Å². The molecule has 90 valence electrons. The van der Waals surface area contributed by atoms with E-state index in [9.17, 15) is 5.11 Å². The van der Waals surface area contributed by atoms with Crippen LogP contribution in [-0.4, -0.2) is 17.8 Å². The average molecular weight is 239 g/mol. The Balaban J connectivity index is 1.70. The van der Waals surface area contributed by atoms with Gasteiger partial charge in [0, 0.05) is 11.4 Å². The fourth-order valence-corrected chi connectivity index (χ4v) is 3.30. The molecule has 3 heteroatoms. The van der Waals surface area contributed by atoms with Gasteiger partial charge in [-0.05, 0) is 55.7 Å². The second kappa shape index (κ2) is 5.80. The zero-order chi connectivity index (χ0) is 11.4. The van der Waals surface area contributed by atoms with Crippen molar-refractivity contribution in [3.8, 4) is 0 Å². The molecule has 0 aliphatic heterocycles. The van der Waals surface area contributed by atoms with E-state index in [0.29, 0.717) is 5.92 Å². The van der Waals surface area contributed by atoms with E-state index in [1.165, 1.54) is 23.3 Å². The van der Waals surface area contributed by atoms with E-state index < -0.39 is 0 Å². The highest BCUT2D eigenvalue weighted by atomic mass is 32.1. The zero-order valence-electron chi connectivity index (χ0n) is 9.91. The summed E-state index contributed by atoms with van der Waals surface area (Å²) in [5, 5.41) is 15.2. The number of nitrogens with one attached hydrogen (secondary N) is 1. The summed E-state index contributed by atoms with van der Waals surface area (Å²) in [6.07, 6.45) is 4.39. The third kappa shape index (κ3) is 3.30. The molecule has 2 nitrogen and oxygen atoms in total. The normalized spacial score (nSPS) is 25.9. The Morgan fingerprint density at radius 2 is 2.38 bits per heavy atom. The van der Waals surface area contributed by atoms with Crippen molar-refractivity contribution < 1.29 is 5.11 Å². The van der Waals surface area contributed by atoms with Crippen LogP contribution < -0.4 is 5.32 Å². The van der Waals surface area contributed by atoms with E-state index >= 15 is 0 Å². The summed E-state index contributed by atoms with van der Waals surface area (Å²) in [6.45, 7) is 4.20. The van der Waals surface area contributed by atoms with Gasteiger partial charge >= 0.3 is 0 Å². The molecule has 0 amide bonds. The summed E-state index contributed by atoms with van der Waals surface area (Å²) in [6, 6.07) is 2.17. The molecule has 1 aromatic heterocycles. The van der Waals surface area contributed by atoms with E-state index in [1.54, 1.807) is 0 Å². The molecule has 2 rings (SSSR count). The molecule has 2 atom stereocenters. The van der Waals surface area contributed by atoms with E-state index in [4.69, 9.17) is 0 Å². The first-order valence-corrected chi connectivity index (χ1v) is 7.05. The van der Waals surface area contributed by atoms with Crippen molar-refractivity contribution in [2.24, 2.45) is 5.92 Å². The summed E-state index contributed by atoms with van der Waals surface area (Å²) in [5.41, 5.74) is 1.39. The number of hydrogen-bond acceptors (Lipinski definition) is 3. The summed E-state index contributed by atoms with van der Waals surface area (Å²) in [5.74, 6) is 0.670. The molecule has 0 saturated heterocycles. The fourth-order valence-electron chi connectivity index (χ4n) is 2.42. The van der Waals surface area contributed by atoms with Crippen LogP contribution in [-0.2, 0) is 6.54 Å².